The van der Waals surface area contributed by atoms with Crippen molar-refractivity contribution in [1.29, 1.82) is 0 Å². The molecule has 0 spiro atoms. The van der Waals surface area contributed by atoms with E-state index in [9.17, 15) is 13.2 Å². The maximum Gasteiger partial charge on any atom is 0.321 e. The molecular weight excluding hydrogens is 312 g/mol. The number of nitrogens with two attached hydrogens (primary N) is 1. The average Bonchev–Trinajstić information content (AvgIpc) is 2.39. The molecule has 0 bridgehead atoms. The molecule has 21 heavy (non-hydrogen) atoms. The van der Waals surface area contributed by atoms with E-state index in [1.807, 2.05) is 0 Å². The van der Waals surface area contributed by atoms with E-state index in [-0.39, 0.29) is 23.9 Å². The fourth-order valence-corrected chi connectivity index (χ4v) is 2.85. The Kier molecular flexibility index (Phi) is 6.25. The van der Waals surface area contributed by atoms with E-state index in [1.54, 1.807) is 31.2 Å². The van der Waals surface area contributed by atoms with Crippen LogP contribution in [0, 0.1) is 0 Å². The quantitative estimate of drug-likeness (QED) is 0.583. The van der Waals surface area contributed by atoms with Gasteiger partial charge in [-0.05, 0) is 12.5 Å². The molecule has 0 amide bonds. The smallest absolute Gasteiger partial charge is 0.321 e. The number of rotatable bonds is 7. The van der Waals surface area contributed by atoms with Crippen molar-refractivity contribution in [2.45, 2.75) is 12.7 Å². The predicted octanol–water partition coefficient (Wildman–Crippen LogP) is 0.646. The van der Waals surface area contributed by atoms with E-state index in [0.717, 1.165) is 4.31 Å². The molecule has 116 valence electrons. The van der Waals surface area contributed by atoms with Crippen LogP contribution in [0.2, 0.25) is 0 Å². The highest BCUT2D eigenvalue weighted by Crippen LogP contribution is 2.11. The molecule has 0 aromatic heterocycles. The highest BCUT2D eigenvalue weighted by molar-refractivity contribution is 7.88. The number of esters is 1. The summed E-state index contributed by atoms with van der Waals surface area (Å²) in [6, 6.07) is 6.62. The summed E-state index contributed by atoms with van der Waals surface area (Å²) in [6.45, 7) is 1.57. The number of benzene rings is 1. The lowest BCUT2D eigenvalue weighted by Gasteiger charge is -2.16. The summed E-state index contributed by atoms with van der Waals surface area (Å²) in [6.07, 6.45) is 0. The first kappa shape index (κ1) is 17.5. The maximum atomic E-state index is 12.1. The van der Waals surface area contributed by atoms with Gasteiger partial charge in [0.1, 0.15) is 11.5 Å². The molecule has 1 aromatic carbocycles. The number of likely N-dealkylation sites (N-methyl/N-ethyl adjacent to an activating group) is 1. The van der Waals surface area contributed by atoms with Crippen LogP contribution >= 0.6 is 12.2 Å². The van der Waals surface area contributed by atoms with Gasteiger partial charge in [0.25, 0.3) is 0 Å². The predicted molar refractivity (Wildman–Crippen MR) is 84.2 cm³/mol. The first-order valence-corrected chi connectivity index (χ1v) is 8.26. The number of hydrogen-bond donors (Lipinski definition) is 1. The Bertz CT molecular complexity index is 612. The van der Waals surface area contributed by atoms with Gasteiger partial charge in [0, 0.05) is 12.6 Å². The number of carbonyl (C=O) groups excluding carboxylic acids is 1. The van der Waals surface area contributed by atoms with Gasteiger partial charge in [0.15, 0.2) is 0 Å². The van der Waals surface area contributed by atoms with Gasteiger partial charge in [-0.3, -0.25) is 4.79 Å². The number of hydrogen-bond acceptors (Lipinski definition) is 5. The molecule has 0 saturated carbocycles. The van der Waals surface area contributed by atoms with Crippen LogP contribution in [0.4, 0.5) is 0 Å². The number of thiocarbonyl (C=S) groups is 1. The lowest BCUT2D eigenvalue weighted by atomic mass is 10.1. The van der Waals surface area contributed by atoms with Gasteiger partial charge in [-0.25, -0.2) is 8.42 Å². The van der Waals surface area contributed by atoms with Crippen LogP contribution in [0.25, 0.3) is 0 Å². The van der Waals surface area contributed by atoms with Gasteiger partial charge in [-0.1, -0.05) is 36.5 Å². The lowest BCUT2D eigenvalue weighted by molar-refractivity contribution is -0.143. The van der Waals surface area contributed by atoms with E-state index in [4.69, 9.17) is 22.7 Å². The molecule has 2 N–H and O–H groups in total. The van der Waals surface area contributed by atoms with Crippen molar-refractivity contribution < 1.29 is 17.9 Å². The lowest BCUT2D eigenvalue weighted by Crippen LogP contribution is -2.34. The number of carbonyl (C=O) groups is 1. The zero-order valence-corrected chi connectivity index (χ0v) is 13.5. The number of sulfonamides is 1. The van der Waals surface area contributed by atoms with Crippen molar-refractivity contribution in [3.05, 3.63) is 35.4 Å². The summed E-state index contributed by atoms with van der Waals surface area (Å²) < 4.78 is 30.0. The van der Waals surface area contributed by atoms with E-state index in [1.165, 1.54) is 7.05 Å². The van der Waals surface area contributed by atoms with Crippen LogP contribution in [0.3, 0.4) is 0 Å². The van der Waals surface area contributed by atoms with Crippen LogP contribution in [0.1, 0.15) is 18.1 Å². The molecule has 0 radical (unpaired) electrons. The third kappa shape index (κ3) is 5.41. The third-order valence-corrected chi connectivity index (χ3v) is 4.73. The van der Waals surface area contributed by atoms with Gasteiger partial charge in [0.05, 0.1) is 12.4 Å². The molecule has 1 aromatic rings. The monoisotopic (exact) mass is 330 g/mol. The molecule has 0 heterocycles. The van der Waals surface area contributed by atoms with Crippen LogP contribution in [-0.2, 0) is 25.3 Å². The summed E-state index contributed by atoms with van der Waals surface area (Å²) in [5.41, 5.74) is 6.74. The van der Waals surface area contributed by atoms with Crippen molar-refractivity contribution in [2.24, 2.45) is 5.73 Å². The summed E-state index contributed by atoms with van der Waals surface area (Å²) in [7, 11) is -2.25. The fraction of sp³-hybridized carbons (Fsp3) is 0.385. The van der Waals surface area contributed by atoms with Crippen molar-refractivity contribution in [3.8, 4) is 0 Å². The van der Waals surface area contributed by atoms with Crippen molar-refractivity contribution in [2.75, 3.05) is 20.2 Å². The van der Waals surface area contributed by atoms with Crippen molar-refractivity contribution in [1.82, 2.24) is 4.31 Å². The highest BCUT2D eigenvalue weighted by Gasteiger charge is 2.21. The second-order valence-corrected chi connectivity index (χ2v) is 6.89. The average molecular weight is 330 g/mol. The van der Waals surface area contributed by atoms with Crippen LogP contribution in [0.15, 0.2) is 24.3 Å². The van der Waals surface area contributed by atoms with E-state index in [0.29, 0.717) is 11.1 Å². The van der Waals surface area contributed by atoms with Crippen LogP contribution in [-0.4, -0.2) is 43.9 Å². The van der Waals surface area contributed by atoms with Gasteiger partial charge in [-0.2, -0.15) is 4.31 Å². The van der Waals surface area contributed by atoms with Crippen LogP contribution in [0.5, 0.6) is 0 Å². The number of nitrogens with zero attached hydrogens (tertiary/aromatic N) is 1. The van der Waals surface area contributed by atoms with Gasteiger partial charge >= 0.3 is 5.97 Å². The second-order valence-electron chi connectivity index (χ2n) is 4.38. The molecule has 6 nitrogen and oxygen atoms in total. The first-order chi connectivity index (χ1) is 9.76. The molecule has 0 aliphatic heterocycles. The molecule has 0 atom stereocenters. The molecule has 1 rings (SSSR count). The zero-order valence-electron chi connectivity index (χ0n) is 11.9. The molecule has 0 unspecified atom stereocenters. The van der Waals surface area contributed by atoms with Crippen molar-refractivity contribution in [3.63, 3.8) is 0 Å². The first-order valence-electron chi connectivity index (χ1n) is 6.24. The third-order valence-electron chi connectivity index (χ3n) is 2.72. The minimum Gasteiger partial charge on any atom is -0.465 e. The topological polar surface area (TPSA) is 89.7 Å². The molecule has 0 aliphatic rings. The van der Waals surface area contributed by atoms with Crippen LogP contribution < -0.4 is 5.73 Å². The van der Waals surface area contributed by atoms with Gasteiger partial charge in [0.2, 0.25) is 10.0 Å². The second kappa shape index (κ2) is 7.48. The fourth-order valence-electron chi connectivity index (χ4n) is 1.57. The highest BCUT2D eigenvalue weighted by atomic mass is 32.2. The minimum atomic E-state index is -3.59. The minimum absolute atomic E-state index is 0.208. The zero-order chi connectivity index (χ0) is 16.0. The molecule has 0 saturated heterocycles. The Balaban J connectivity index is 2.75. The summed E-state index contributed by atoms with van der Waals surface area (Å²) in [4.78, 5) is 11.6. The molecule has 0 fully saturated rings. The Labute approximate surface area is 129 Å². The SMILES string of the molecule is CCOC(=O)CN(C)S(=O)(=O)Cc1ccc(C(N)=S)cc1. The standard InChI is InChI=1S/C13H18N2O4S2/c1-3-19-12(16)8-15(2)21(17,18)9-10-4-6-11(7-5-10)13(14)20/h4-7H,3,8-9H2,1-2H3,(H2,14,20). The van der Waals surface area contributed by atoms with Crippen molar-refractivity contribution >= 4 is 33.2 Å². The summed E-state index contributed by atoms with van der Waals surface area (Å²) in [5.74, 6) is -0.784. The van der Waals surface area contributed by atoms with Gasteiger partial charge in [-0.15, -0.1) is 0 Å². The Hall–Kier alpha value is -1.51. The van der Waals surface area contributed by atoms with E-state index >= 15 is 0 Å². The van der Waals surface area contributed by atoms with Gasteiger partial charge < -0.3 is 10.5 Å². The maximum absolute atomic E-state index is 12.1. The largest absolute Gasteiger partial charge is 0.465 e. The van der Waals surface area contributed by atoms with E-state index < -0.39 is 16.0 Å². The summed E-state index contributed by atoms with van der Waals surface area (Å²) >= 11 is 4.83. The normalized spacial score (nSPS) is 11.4. The Morgan fingerprint density at radius 1 is 1.33 bits per heavy atom. The summed E-state index contributed by atoms with van der Waals surface area (Å²) in [5, 5.41) is 0. The molecule has 0 aliphatic carbocycles. The molecule has 8 heteroatoms. The Morgan fingerprint density at radius 3 is 2.38 bits per heavy atom. The van der Waals surface area contributed by atoms with E-state index in [2.05, 4.69) is 0 Å². The molecular formula is C13H18N2O4S2. The number of ether oxygens (including phenoxy) is 1. The Morgan fingerprint density at radius 2 is 1.90 bits per heavy atom.